The van der Waals surface area contributed by atoms with E-state index in [1.165, 1.54) is 52.7 Å². The van der Waals surface area contributed by atoms with Gasteiger partial charge >= 0.3 is 0 Å². The molecule has 0 spiro atoms. The molecule has 1 aliphatic heterocycles. The molecule has 1 heterocycles. The lowest BCUT2D eigenvalue weighted by molar-refractivity contribution is 0.324. The zero-order valence-electron chi connectivity index (χ0n) is 36.5. The number of rotatable bonds is 14. The lowest BCUT2D eigenvalue weighted by atomic mass is 9.93. The van der Waals surface area contributed by atoms with E-state index >= 15 is 0 Å². The van der Waals surface area contributed by atoms with Gasteiger partial charge < -0.3 is 32.8 Å². The van der Waals surface area contributed by atoms with Crippen LogP contribution in [0.15, 0.2) is 97.9 Å². The second-order valence-corrected chi connectivity index (χ2v) is 18.0. The molecule has 4 aromatic rings. The first-order valence-corrected chi connectivity index (χ1v) is 23.6. The van der Waals surface area contributed by atoms with Gasteiger partial charge in [0, 0.05) is 64.6 Å². The van der Waals surface area contributed by atoms with Crippen LogP contribution in [0.25, 0.3) is 44.5 Å². The van der Waals surface area contributed by atoms with Gasteiger partial charge in [0.25, 0.3) is 0 Å². The van der Waals surface area contributed by atoms with Crippen LogP contribution in [-0.2, 0) is 26.6 Å². The summed E-state index contributed by atoms with van der Waals surface area (Å²) in [5.74, 6) is 1.49. The van der Waals surface area contributed by atoms with Gasteiger partial charge in [-0.15, -0.1) is 0 Å². The largest absolute Gasteiger partial charge is 0.744 e. The molecule has 0 aromatic heterocycles. The Hall–Kier alpha value is -5.94. The fourth-order valence-electron chi connectivity index (χ4n) is 8.66. The Morgan fingerprint density at radius 3 is 2.06 bits per heavy atom. The molecule has 3 aliphatic rings. The molecule has 0 radical (unpaired) electrons. The van der Waals surface area contributed by atoms with Crippen LogP contribution in [0.2, 0.25) is 0 Å². The number of anilines is 1. The molecule has 1 atom stereocenters. The zero-order chi connectivity index (χ0) is 45.4. The first-order chi connectivity index (χ1) is 30.2. The van der Waals surface area contributed by atoms with Crippen molar-refractivity contribution >= 4 is 36.8 Å². The Morgan fingerprint density at radius 1 is 0.746 bits per heavy atom. The minimum Gasteiger partial charge on any atom is -0.744 e. The molecule has 332 valence electrons. The van der Waals surface area contributed by atoms with Crippen LogP contribution >= 0.6 is 0 Å². The average molecular weight is 898 g/mol. The minimum absolute atomic E-state index is 0.0151. The van der Waals surface area contributed by atoms with E-state index in [4.69, 9.17) is 23.4 Å². The number of hydrogen-bond donors (Lipinski definition) is 1. The zero-order valence-corrected chi connectivity index (χ0v) is 38.2. The normalized spacial score (nSPS) is 13.8. The van der Waals surface area contributed by atoms with Gasteiger partial charge in [0.05, 0.1) is 44.3 Å². The van der Waals surface area contributed by atoms with Crippen LogP contribution in [0.1, 0.15) is 51.3 Å². The molecular formula is C47H51N3O11S2. The van der Waals surface area contributed by atoms with E-state index in [1.807, 2.05) is 64.1 Å². The van der Waals surface area contributed by atoms with Gasteiger partial charge in [-0.3, -0.25) is 4.79 Å². The van der Waals surface area contributed by atoms with E-state index in [2.05, 4.69) is 14.2 Å². The van der Waals surface area contributed by atoms with Crippen molar-refractivity contribution in [3.05, 3.63) is 106 Å². The van der Waals surface area contributed by atoms with E-state index in [0.717, 1.165) is 48.9 Å². The quantitative estimate of drug-likeness (QED) is 0.0689. The lowest BCUT2D eigenvalue weighted by Gasteiger charge is -2.23. The second-order valence-electron chi connectivity index (χ2n) is 15.0. The van der Waals surface area contributed by atoms with E-state index in [-0.39, 0.29) is 17.7 Å². The highest BCUT2D eigenvalue weighted by Gasteiger charge is 2.33. The van der Waals surface area contributed by atoms with Crippen molar-refractivity contribution in [3.63, 3.8) is 0 Å². The van der Waals surface area contributed by atoms with Crippen molar-refractivity contribution in [3.8, 4) is 56.6 Å². The van der Waals surface area contributed by atoms with Crippen LogP contribution in [0, 0.1) is 0 Å². The number of nitrogens with one attached hydrogen (secondary N) is 1. The molecule has 0 saturated heterocycles. The summed E-state index contributed by atoms with van der Waals surface area (Å²) in [6.45, 7) is 11.1. The minimum atomic E-state index is -5.31. The van der Waals surface area contributed by atoms with Crippen molar-refractivity contribution in [1.82, 2.24) is 9.30 Å². The van der Waals surface area contributed by atoms with Crippen molar-refractivity contribution < 1.29 is 44.8 Å². The summed E-state index contributed by atoms with van der Waals surface area (Å²) >= 11 is 0. The lowest BCUT2D eigenvalue weighted by Crippen LogP contribution is -2.29. The van der Waals surface area contributed by atoms with E-state index in [9.17, 15) is 26.2 Å². The molecule has 1 unspecified atom stereocenters. The molecule has 0 amide bonds. The number of fused-ring (bicyclic) bond motifs is 5. The molecule has 1 N–H and O–H groups in total. The second kappa shape index (κ2) is 18.0. The molecule has 63 heavy (non-hydrogen) atoms. The summed E-state index contributed by atoms with van der Waals surface area (Å²) in [6.07, 6.45) is 0.456. The number of benzene rings is 4. The third-order valence-electron chi connectivity index (χ3n) is 11.8. The number of methoxy groups -OCH3 is 4. The SMILES string of the molecule is CCN(CC)c1ccc2c(-c3ccc(S(=O)(=O)NC4CCc5cc(OC)c(OC)c(OC)c5-c5ccc(OC)c(=O)cc54)cc3S(=O)(=O)[O-])c3ccc(=[N+](CC)CC)cc-3oc2c1. The van der Waals surface area contributed by atoms with Crippen molar-refractivity contribution in [2.24, 2.45) is 0 Å². The predicted octanol–water partition coefficient (Wildman–Crippen LogP) is 6.79. The van der Waals surface area contributed by atoms with Crippen molar-refractivity contribution in [2.45, 2.75) is 56.4 Å². The number of ether oxygens (including phenoxy) is 4. The van der Waals surface area contributed by atoms with Gasteiger partial charge in [-0.05, 0) is 106 Å². The third kappa shape index (κ3) is 8.35. The smallest absolute Gasteiger partial charge is 0.241 e. The first-order valence-electron chi connectivity index (χ1n) is 20.7. The maximum absolute atomic E-state index is 14.6. The molecular weight excluding hydrogens is 847 g/mol. The van der Waals surface area contributed by atoms with Crippen molar-refractivity contribution in [2.75, 3.05) is 59.5 Å². The Bertz CT molecular complexity index is 3070. The fourth-order valence-corrected chi connectivity index (χ4v) is 10.7. The van der Waals surface area contributed by atoms with E-state index in [0.29, 0.717) is 68.2 Å². The highest BCUT2D eigenvalue weighted by Crippen LogP contribution is 2.51. The molecule has 4 aromatic carbocycles. The molecule has 0 saturated carbocycles. The summed E-state index contributed by atoms with van der Waals surface area (Å²) in [5.41, 5.74) is 3.86. The monoisotopic (exact) mass is 897 g/mol. The van der Waals surface area contributed by atoms with Gasteiger partial charge in [-0.1, -0.05) is 12.1 Å². The summed E-state index contributed by atoms with van der Waals surface area (Å²) < 4.78 is 103. The number of hydrogen-bond acceptors (Lipinski definition) is 12. The highest BCUT2D eigenvalue weighted by atomic mass is 32.2. The van der Waals surface area contributed by atoms with Crippen LogP contribution in [-0.4, -0.2) is 76.0 Å². The van der Waals surface area contributed by atoms with Gasteiger partial charge in [0.2, 0.25) is 26.6 Å². The highest BCUT2D eigenvalue weighted by molar-refractivity contribution is 7.89. The van der Waals surface area contributed by atoms with Crippen LogP contribution in [0.3, 0.4) is 0 Å². The molecule has 0 bridgehead atoms. The molecule has 14 nitrogen and oxygen atoms in total. The topological polar surface area (TPSA) is 177 Å². The van der Waals surface area contributed by atoms with Crippen LogP contribution in [0.4, 0.5) is 5.69 Å². The summed E-state index contributed by atoms with van der Waals surface area (Å²) in [5, 5.41) is 1.42. The first kappa shape index (κ1) is 45.1. The third-order valence-corrected chi connectivity index (χ3v) is 14.1. The number of nitrogens with zero attached hydrogens (tertiary/aromatic N) is 2. The Labute approximate surface area is 367 Å². The summed E-state index contributed by atoms with van der Waals surface area (Å²) in [4.78, 5) is 14.4. The van der Waals surface area contributed by atoms with Gasteiger partial charge in [0.15, 0.2) is 17.2 Å². The van der Waals surface area contributed by atoms with E-state index < -0.39 is 41.4 Å². The van der Waals surface area contributed by atoms with E-state index in [1.54, 1.807) is 12.1 Å². The predicted molar refractivity (Wildman–Crippen MR) is 242 cm³/mol. The summed E-state index contributed by atoms with van der Waals surface area (Å²) in [6, 6.07) is 20.0. The maximum atomic E-state index is 14.6. The van der Waals surface area contributed by atoms with Crippen molar-refractivity contribution in [1.29, 1.82) is 0 Å². The number of sulfonamides is 1. The molecule has 2 aliphatic carbocycles. The fraction of sp³-hybridized carbons (Fsp3) is 0.319. The summed E-state index contributed by atoms with van der Waals surface area (Å²) in [7, 11) is -4.12. The Balaban J connectivity index is 1.42. The Morgan fingerprint density at radius 2 is 1.43 bits per heavy atom. The maximum Gasteiger partial charge on any atom is 0.241 e. The van der Waals surface area contributed by atoms with Crippen LogP contribution < -0.4 is 43.9 Å². The average Bonchev–Trinajstić information content (AvgIpc) is 3.52. The number of aryl methyl sites for hydroxylation is 1. The van der Waals surface area contributed by atoms with Crippen LogP contribution in [0.5, 0.6) is 23.0 Å². The molecule has 16 heteroatoms. The van der Waals surface area contributed by atoms with Gasteiger partial charge in [-0.25, -0.2) is 26.1 Å². The van der Waals surface area contributed by atoms with Gasteiger partial charge in [-0.2, -0.15) is 0 Å². The Kier molecular flexibility index (Phi) is 12.9. The van der Waals surface area contributed by atoms with Gasteiger partial charge in [0.1, 0.15) is 34.6 Å². The standard InChI is InChI=1S/C47H51N3O11S2/c1-9-49(10-2)29-14-17-33-40(24-29)61-41-25-30(50(11-3)12-4)15-18-34(41)45(33)35-19-16-31(26-43(35)63(54,55)56)62(52,53)48-37-21-13-28-23-42(58-6)46(59-7)47(60-8)44(28)32-20-22-39(57-5)38(51)27-36(32)37/h14-20,22-27,37,48H,9-13,21H2,1-8H3. The molecule has 0 fully saturated rings. The molecule has 7 rings (SSSR count).